The minimum atomic E-state index is -0.657. The van der Waals surface area contributed by atoms with Crippen LogP contribution in [0, 0.1) is 6.92 Å². The molecule has 1 rings (SSSR count). The Morgan fingerprint density at radius 1 is 1.11 bits per heavy atom. The van der Waals surface area contributed by atoms with Crippen molar-refractivity contribution >= 4 is 0 Å². The predicted molar refractivity (Wildman–Crippen MR) is 77.6 cm³/mol. The van der Waals surface area contributed by atoms with E-state index in [2.05, 4.69) is 6.07 Å². The molecule has 0 aliphatic heterocycles. The van der Waals surface area contributed by atoms with Crippen molar-refractivity contribution in [2.45, 2.75) is 58.7 Å². The third kappa shape index (κ3) is 5.21. The van der Waals surface area contributed by atoms with Crippen molar-refractivity contribution < 1.29 is 14.9 Å². The van der Waals surface area contributed by atoms with Gasteiger partial charge in [0.2, 0.25) is 0 Å². The van der Waals surface area contributed by atoms with Gasteiger partial charge in [0.05, 0.1) is 18.8 Å². The molecular formula is C16H26O3. The number of ether oxygens (including phenoxy) is 1. The van der Waals surface area contributed by atoms with E-state index >= 15 is 0 Å². The van der Waals surface area contributed by atoms with Crippen LogP contribution in [0.3, 0.4) is 0 Å². The first-order valence-electron chi connectivity index (χ1n) is 7.16. The van der Waals surface area contributed by atoms with Gasteiger partial charge in [0, 0.05) is 0 Å². The van der Waals surface area contributed by atoms with E-state index in [1.165, 1.54) is 5.56 Å². The minimum absolute atomic E-state index is 0.560. The summed E-state index contributed by atoms with van der Waals surface area (Å²) in [5, 5.41) is 19.7. The summed E-state index contributed by atoms with van der Waals surface area (Å²) < 4.78 is 5.59. The van der Waals surface area contributed by atoms with Crippen molar-refractivity contribution in [2.75, 3.05) is 6.61 Å². The number of aryl methyl sites for hydroxylation is 2. The molecule has 0 aliphatic rings. The van der Waals surface area contributed by atoms with Crippen LogP contribution in [0.25, 0.3) is 0 Å². The first-order valence-corrected chi connectivity index (χ1v) is 7.16. The summed E-state index contributed by atoms with van der Waals surface area (Å²) >= 11 is 0. The van der Waals surface area contributed by atoms with E-state index in [1.54, 1.807) is 0 Å². The molecule has 0 amide bonds. The second-order valence-corrected chi connectivity index (χ2v) is 5.01. The van der Waals surface area contributed by atoms with Crippen molar-refractivity contribution in [1.29, 1.82) is 0 Å². The fraction of sp³-hybridized carbons (Fsp3) is 0.625. The van der Waals surface area contributed by atoms with Crippen LogP contribution in [-0.4, -0.2) is 29.0 Å². The molecule has 3 heteroatoms. The van der Waals surface area contributed by atoms with Gasteiger partial charge in [0.1, 0.15) is 5.75 Å². The highest BCUT2D eigenvalue weighted by Gasteiger charge is 2.16. The van der Waals surface area contributed by atoms with Gasteiger partial charge in [-0.2, -0.15) is 0 Å². The summed E-state index contributed by atoms with van der Waals surface area (Å²) in [6.45, 7) is 6.64. The van der Waals surface area contributed by atoms with Crippen molar-refractivity contribution in [2.24, 2.45) is 0 Å². The maximum absolute atomic E-state index is 9.91. The average Bonchev–Trinajstić information content (AvgIpc) is 2.39. The molecule has 0 bridgehead atoms. The second kappa shape index (κ2) is 8.18. The van der Waals surface area contributed by atoms with Gasteiger partial charge in [0.15, 0.2) is 0 Å². The zero-order valence-electron chi connectivity index (χ0n) is 12.2. The summed E-state index contributed by atoms with van der Waals surface area (Å²) in [6, 6.07) is 6.09. The Hall–Kier alpha value is -1.06. The Morgan fingerprint density at radius 3 is 2.42 bits per heavy atom. The van der Waals surface area contributed by atoms with Gasteiger partial charge < -0.3 is 14.9 Å². The molecule has 108 valence electrons. The zero-order chi connectivity index (χ0) is 14.3. The van der Waals surface area contributed by atoms with Crippen molar-refractivity contribution in [3.05, 3.63) is 29.3 Å². The van der Waals surface area contributed by atoms with Crippen molar-refractivity contribution in [3.8, 4) is 5.75 Å². The molecule has 0 heterocycles. The van der Waals surface area contributed by atoms with Crippen molar-refractivity contribution in [1.82, 2.24) is 0 Å². The molecule has 0 aliphatic carbocycles. The van der Waals surface area contributed by atoms with Crippen LogP contribution in [-0.2, 0) is 6.42 Å². The standard InChI is InChI=1S/C16H26O3/c1-4-6-14(17)15(18)9-8-13-11-12(3)7-10-16(13)19-5-2/h7,10-11,14-15,17-18H,4-6,8-9H2,1-3H3. The van der Waals surface area contributed by atoms with Gasteiger partial charge in [-0.25, -0.2) is 0 Å². The molecule has 0 spiro atoms. The maximum atomic E-state index is 9.91. The fourth-order valence-corrected chi connectivity index (χ4v) is 2.18. The second-order valence-electron chi connectivity index (χ2n) is 5.01. The van der Waals surface area contributed by atoms with Crippen LogP contribution in [0.5, 0.6) is 5.75 Å². The minimum Gasteiger partial charge on any atom is -0.494 e. The molecular weight excluding hydrogens is 240 g/mol. The Labute approximate surface area is 116 Å². The van der Waals surface area contributed by atoms with Gasteiger partial charge in [-0.1, -0.05) is 31.0 Å². The van der Waals surface area contributed by atoms with Crippen LogP contribution in [0.1, 0.15) is 44.2 Å². The predicted octanol–water partition coefficient (Wildman–Crippen LogP) is 2.85. The van der Waals surface area contributed by atoms with E-state index in [0.717, 1.165) is 24.2 Å². The molecule has 3 nitrogen and oxygen atoms in total. The molecule has 2 unspecified atom stereocenters. The number of hydrogen-bond donors (Lipinski definition) is 2. The lowest BCUT2D eigenvalue weighted by molar-refractivity contribution is 0.00973. The lowest BCUT2D eigenvalue weighted by Gasteiger charge is -2.18. The molecule has 2 N–H and O–H groups in total. The molecule has 1 aromatic rings. The van der Waals surface area contributed by atoms with E-state index in [4.69, 9.17) is 4.74 Å². The highest BCUT2D eigenvalue weighted by Crippen LogP contribution is 2.22. The fourth-order valence-electron chi connectivity index (χ4n) is 2.18. The van der Waals surface area contributed by atoms with Gasteiger partial charge >= 0.3 is 0 Å². The Kier molecular flexibility index (Phi) is 6.89. The van der Waals surface area contributed by atoms with E-state index < -0.39 is 12.2 Å². The van der Waals surface area contributed by atoms with Crippen LogP contribution >= 0.6 is 0 Å². The summed E-state index contributed by atoms with van der Waals surface area (Å²) in [5.41, 5.74) is 2.28. The normalized spacial score (nSPS) is 14.2. The molecule has 0 aromatic heterocycles. The van der Waals surface area contributed by atoms with Gasteiger partial charge in [-0.15, -0.1) is 0 Å². The molecule has 0 radical (unpaired) electrons. The van der Waals surface area contributed by atoms with Crippen LogP contribution in [0.4, 0.5) is 0 Å². The summed E-state index contributed by atoms with van der Waals surface area (Å²) in [4.78, 5) is 0. The maximum Gasteiger partial charge on any atom is 0.122 e. The number of aliphatic hydroxyl groups excluding tert-OH is 2. The van der Waals surface area contributed by atoms with Crippen LogP contribution in [0.15, 0.2) is 18.2 Å². The number of rotatable bonds is 8. The van der Waals surface area contributed by atoms with E-state index in [9.17, 15) is 10.2 Å². The smallest absolute Gasteiger partial charge is 0.122 e. The third-order valence-electron chi connectivity index (χ3n) is 3.25. The first kappa shape index (κ1) is 16.0. The Bertz CT molecular complexity index is 376. The molecule has 1 aromatic carbocycles. The SMILES string of the molecule is CCCC(O)C(O)CCc1cc(C)ccc1OCC. The lowest BCUT2D eigenvalue weighted by atomic mass is 9.99. The molecule has 2 atom stereocenters. The molecule has 0 saturated heterocycles. The summed E-state index contributed by atoms with van der Waals surface area (Å²) in [6.07, 6.45) is 1.53. The third-order valence-corrected chi connectivity index (χ3v) is 3.25. The highest BCUT2D eigenvalue weighted by atomic mass is 16.5. The van der Waals surface area contributed by atoms with Gasteiger partial charge in [-0.05, 0) is 44.7 Å². The molecule has 0 saturated carbocycles. The zero-order valence-corrected chi connectivity index (χ0v) is 12.2. The summed E-state index contributed by atoms with van der Waals surface area (Å²) in [5.74, 6) is 0.880. The van der Waals surface area contributed by atoms with Crippen LogP contribution < -0.4 is 4.74 Å². The van der Waals surface area contributed by atoms with E-state index in [0.29, 0.717) is 19.4 Å². The monoisotopic (exact) mass is 266 g/mol. The van der Waals surface area contributed by atoms with Crippen LogP contribution in [0.2, 0.25) is 0 Å². The van der Waals surface area contributed by atoms with Crippen molar-refractivity contribution in [3.63, 3.8) is 0 Å². The number of aliphatic hydroxyl groups is 2. The van der Waals surface area contributed by atoms with E-state index in [1.807, 2.05) is 32.9 Å². The van der Waals surface area contributed by atoms with E-state index in [-0.39, 0.29) is 0 Å². The highest BCUT2D eigenvalue weighted by molar-refractivity contribution is 5.37. The topological polar surface area (TPSA) is 49.7 Å². The summed E-state index contributed by atoms with van der Waals surface area (Å²) in [7, 11) is 0. The lowest BCUT2D eigenvalue weighted by Crippen LogP contribution is -2.26. The molecule has 19 heavy (non-hydrogen) atoms. The Morgan fingerprint density at radius 2 is 1.79 bits per heavy atom. The Balaban J connectivity index is 2.63. The average molecular weight is 266 g/mol. The quantitative estimate of drug-likeness (QED) is 0.760. The first-order chi connectivity index (χ1) is 9.08. The van der Waals surface area contributed by atoms with Gasteiger partial charge in [-0.3, -0.25) is 0 Å². The molecule has 0 fully saturated rings. The largest absolute Gasteiger partial charge is 0.494 e. The van der Waals surface area contributed by atoms with Gasteiger partial charge in [0.25, 0.3) is 0 Å². The number of hydrogen-bond acceptors (Lipinski definition) is 3. The number of benzene rings is 1.